The van der Waals surface area contributed by atoms with Crippen LogP contribution < -0.4 is 22.5 Å². The van der Waals surface area contributed by atoms with Gasteiger partial charge in [0, 0.05) is 36.9 Å². The minimum absolute atomic E-state index is 0.179. The lowest BCUT2D eigenvalue weighted by atomic mass is 9.79. The van der Waals surface area contributed by atoms with E-state index in [0.717, 1.165) is 21.4 Å². The SMILES string of the molecule is Cc1cn([C@H]2C[C@@](O)([C@@]3(n4ccc(=O)[nH]c4=O)O[C@H](CO)C[C@H]3O)[C@@H](CO)O2)c(=O)[nH]c1=O. The molecule has 6 atom stereocenters. The predicted octanol–water partition coefficient (Wildman–Crippen LogP) is -3.80. The molecule has 2 aliphatic heterocycles. The van der Waals surface area contributed by atoms with E-state index < -0.39 is 78.0 Å². The van der Waals surface area contributed by atoms with Crippen molar-refractivity contribution in [2.24, 2.45) is 0 Å². The van der Waals surface area contributed by atoms with E-state index >= 15 is 0 Å². The molecule has 33 heavy (non-hydrogen) atoms. The van der Waals surface area contributed by atoms with Crippen LogP contribution in [0.4, 0.5) is 0 Å². The van der Waals surface area contributed by atoms with Gasteiger partial charge in [-0.3, -0.25) is 28.7 Å². The van der Waals surface area contributed by atoms with Gasteiger partial charge in [0.15, 0.2) is 0 Å². The number of hydrogen-bond acceptors (Lipinski definition) is 10. The molecule has 2 aliphatic rings. The van der Waals surface area contributed by atoms with Crippen LogP contribution in [-0.4, -0.2) is 76.7 Å². The van der Waals surface area contributed by atoms with E-state index in [1.54, 1.807) is 0 Å². The smallest absolute Gasteiger partial charge is 0.330 e. The van der Waals surface area contributed by atoms with E-state index in [0.29, 0.717) is 0 Å². The maximum atomic E-state index is 12.7. The molecule has 2 saturated heterocycles. The number of aromatic amines is 2. The molecule has 180 valence electrons. The van der Waals surface area contributed by atoms with Crippen LogP contribution in [0.25, 0.3) is 0 Å². The van der Waals surface area contributed by atoms with Gasteiger partial charge in [-0.25, -0.2) is 9.59 Å². The summed E-state index contributed by atoms with van der Waals surface area (Å²) in [5.74, 6) is 0. The van der Waals surface area contributed by atoms with Gasteiger partial charge in [-0.15, -0.1) is 0 Å². The third kappa shape index (κ3) is 3.42. The molecule has 6 N–H and O–H groups in total. The Morgan fingerprint density at radius 3 is 2.48 bits per heavy atom. The highest BCUT2D eigenvalue weighted by atomic mass is 16.6. The maximum Gasteiger partial charge on any atom is 0.330 e. The first kappa shape index (κ1) is 23.3. The van der Waals surface area contributed by atoms with Crippen molar-refractivity contribution in [3.05, 3.63) is 65.7 Å². The number of rotatable bonds is 5. The van der Waals surface area contributed by atoms with Gasteiger partial charge in [0.05, 0.1) is 19.3 Å². The number of ether oxygens (including phenoxy) is 2. The van der Waals surface area contributed by atoms with Crippen molar-refractivity contribution >= 4 is 0 Å². The number of aryl methyl sites for hydroxylation is 1. The van der Waals surface area contributed by atoms with Crippen LogP contribution >= 0.6 is 0 Å². The third-order valence-electron chi connectivity index (χ3n) is 6.25. The summed E-state index contributed by atoms with van der Waals surface area (Å²) in [7, 11) is 0. The van der Waals surface area contributed by atoms with Crippen molar-refractivity contribution < 1.29 is 29.9 Å². The average Bonchev–Trinajstić information content (AvgIpc) is 3.29. The molecule has 2 fully saturated rings. The van der Waals surface area contributed by atoms with Crippen LogP contribution in [0.3, 0.4) is 0 Å². The second-order valence-corrected chi connectivity index (χ2v) is 8.22. The third-order valence-corrected chi connectivity index (χ3v) is 6.25. The summed E-state index contributed by atoms with van der Waals surface area (Å²) < 4.78 is 13.4. The lowest BCUT2D eigenvalue weighted by Gasteiger charge is -2.46. The normalized spacial score (nSPS) is 34.1. The van der Waals surface area contributed by atoms with E-state index in [2.05, 4.69) is 4.98 Å². The summed E-state index contributed by atoms with van der Waals surface area (Å²) in [6, 6.07) is 0.978. The fourth-order valence-electron chi connectivity index (χ4n) is 4.68. The number of aromatic nitrogens is 4. The number of aliphatic hydroxyl groups excluding tert-OH is 3. The van der Waals surface area contributed by atoms with E-state index in [1.807, 2.05) is 4.98 Å². The number of hydrogen-bond donors (Lipinski definition) is 6. The Morgan fingerprint density at radius 1 is 1.15 bits per heavy atom. The van der Waals surface area contributed by atoms with Gasteiger partial charge >= 0.3 is 11.4 Å². The highest BCUT2D eigenvalue weighted by Crippen LogP contribution is 2.52. The van der Waals surface area contributed by atoms with Gasteiger partial charge in [0.1, 0.15) is 24.0 Å². The molecule has 0 saturated carbocycles. The van der Waals surface area contributed by atoms with Crippen molar-refractivity contribution in [2.75, 3.05) is 13.2 Å². The van der Waals surface area contributed by atoms with Crippen LogP contribution in [0.5, 0.6) is 0 Å². The fourth-order valence-corrected chi connectivity index (χ4v) is 4.68. The van der Waals surface area contributed by atoms with Crippen molar-refractivity contribution in [3.63, 3.8) is 0 Å². The first-order chi connectivity index (χ1) is 15.6. The molecule has 0 spiro atoms. The summed E-state index contributed by atoms with van der Waals surface area (Å²) in [6.07, 6.45) is -3.72. The van der Waals surface area contributed by atoms with Gasteiger partial charge in [-0.1, -0.05) is 0 Å². The molecule has 0 radical (unpaired) electrons. The Bertz CT molecular complexity index is 1280. The lowest BCUT2D eigenvalue weighted by molar-refractivity contribution is -0.274. The molecule has 0 unspecified atom stereocenters. The number of nitrogens with zero attached hydrogens (tertiary/aromatic N) is 2. The molecule has 4 heterocycles. The minimum Gasteiger partial charge on any atom is -0.394 e. The highest BCUT2D eigenvalue weighted by molar-refractivity contribution is 5.14. The molecule has 0 aromatic carbocycles. The quantitative estimate of drug-likeness (QED) is 0.252. The number of H-pyrrole nitrogens is 2. The van der Waals surface area contributed by atoms with Gasteiger partial charge < -0.3 is 29.9 Å². The minimum atomic E-state index is -2.33. The first-order valence-corrected chi connectivity index (χ1v) is 10.2. The largest absolute Gasteiger partial charge is 0.394 e. The molecular weight excluding hydrogens is 444 g/mol. The van der Waals surface area contributed by atoms with Crippen LogP contribution in [0.1, 0.15) is 24.6 Å². The van der Waals surface area contributed by atoms with Gasteiger partial charge in [0.25, 0.3) is 11.1 Å². The Hall–Kier alpha value is -2.88. The summed E-state index contributed by atoms with van der Waals surface area (Å²) in [6.45, 7) is 0.0972. The zero-order chi connectivity index (χ0) is 24.1. The van der Waals surface area contributed by atoms with Gasteiger partial charge in [-0.2, -0.15) is 0 Å². The monoisotopic (exact) mass is 468 g/mol. The van der Waals surface area contributed by atoms with E-state index in [9.17, 15) is 39.6 Å². The zero-order valence-electron chi connectivity index (χ0n) is 17.5. The number of aliphatic hydroxyl groups is 4. The van der Waals surface area contributed by atoms with Gasteiger partial charge in [0.2, 0.25) is 5.72 Å². The van der Waals surface area contributed by atoms with Crippen molar-refractivity contribution in [1.82, 2.24) is 19.1 Å². The molecule has 0 aliphatic carbocycles. The first-order valence-electron chi connectivity index (χ1n) is 10.2. The lowest BCUT2D eigenvalue weighted by Crippen LogP contribution is -2.67. The summed E-state index contributed by atoms with van der Waals surface area (Å²) >= 11 is 0. The van der Waals surface area contributed by atoms with Crippen molar-refractivity contribution in [2.45, 2.75) is 55.6 Å². The summed E-state index contributed by atoms with van der Waals surface area (Å²) in [5, 5.41) is 42.5. The molecule has 14 nitrogen and oxygen atoms in total. The van der Waals surface area contributed by atoms with Crippen LogP contribution in [-0.2, 0) is 15.2 Å². The van der Waals surface area contributed by atoms with Crippen LogP contribution in [0.15, 0.2) is 37.6 Å². The zero-order valence-corrected chi connectivity index (χ0v) is 17.5. The maximum absolute atomic E-state index is 12.7. The van der Waals surface area contributed by atoms with Crippen molar-refractivity contribution in [3.8, 4) is 0 Å². The Morgan fingerprint density at radius 2 is 1.88 bits per heavy atom. The molecule has 14 heteroatoms. The Balaban J connectivity index is 1.90. The molecule has 0 amide bonds. The summed E-state index contributed by atoms with van der Waals surface area (Å²) in [5.41, 5.74) is -7.66. The second-order valence-electron chi connectivity index (χ2n) is 8.22. The van der Waals surface area contributed by atoms with Crippen LogP contribution in [0.2, 0.25) is 0 Å². The topological polar surface area (TPSA) is 209 Å². The summed E-state index contributed by atoms with van der Waals surface area (Å²) in [4.78, 5) is 52.6. The molecule has 2 aromatic rings. The van der Waals surface area contributed by atoms with E-state index in [-0.39, 0.29) is 12.0 Å². The molecular formula is C19H24N4O10. The van der Waals surface area contributed by atoms with Crippen LogP contribution in [0, 0.1) is 6.92 Å². The second kappa shape index (κ2) is 8.16. The fraction of sp³-hybridized carbons (Fsp3) is 0.579. The molecule has 2 aromatic heterocycles. The molecule has 4 rings (SSSR count). The Labute approximate surface area is 184 Å². The average molecular weight is 468 g/mol. The molecule has 0 bridgehead atoms. The Kier molecular flexibility index (Phi) is 5.76. The standard InChI is InChI=1S/C19H24N4O10/c1-9-6-22(16(29)21-15(9)28)14-5-18(31,12(8-25)32-14)19(11(26)4-10(7-24)33-19)23-3-2-13(27)20-17(23)30/h2-3,6,10-12,14,24-26,31H,4-5,7-8H2,1H3,(H,20,27,30)(H,21,28,29)/t10-,11+,12+,14+,18-,19-/m0/s1. The predicted molar refractivity (Wildman–Crippen MR) is 109 cm³/mol. The van der Waals surface area contributed by atoms with E-state index in [1.165, 1.54) is 13.1 Å². The highest BCUT2D eigenvalue weighted by Gasteiger charge is 2.69. The number of nitrogens with one attached hydrogen (secondary N) is 2. The van der Waals surface area contributed by atoms with Crippen molar-refractivity contribution in [1.29, 1.82) is 0 Å². The van der Waals surface area contributed by atoms with Gasteiger partial charge in [-0.05, 0) is 6.92 Å². The van der Waals surface area contributed by atoms with E-state index in [4.69, 9.17) is 9.47 Å².